The summed E-state index contributed by atoms with van der Waals surface area (Å²) in [4.78, 5) is 15.9. The van der Waals surface area contributed by atoms with Gasteiger partial charge >= 0.3 is 0 Å². The number of rotatable bonds is 3. The van der Waals surface area contributed by atoms with E-state index in [1.807, 2.05) is 0 Å². The summed E-state index contributed by atoms with van der Waals surface area (Å²) in [6.45, 7) is 1.29. The van der Waals surface area contributed by atoms with Crippen LogP contribution in [0.25, 0.3) is 0 Å². The second-order valence-corrected chi connectivity index (χ2v) is 5.43. The Hall–Kier alpha value is -1.95. The molecule has 21 heavy (non-hydrogen) atoms. The third-order valence-corrected chi connectivity index (χ3v) is 3.79. The lowest BCUT2D eigenvalue weighted by Crippen LogP contribution is -2.25. The van der Waals surface area contributed by atoms with E-state index in [1.54, 1.807) is 12.1 Å². The van der Waals surface area contributed by atoms with Gasteiger partial charge in [-0.25, -0.2) is 4.98 Å². The van der Waals surface area contributed by atoms with Crippen LogP contribution in [0.2, 0.25) is 5.15 Å². The molecule has 2 aromatic heterocycles. The van der Waals surface area contributed by atoms with Crippen molar-refractivity contribution >= 4 is 17.5 Å². The van der Waals surface area contributed by atoms with Crippen molar-refractivity contribution in [1.29, 1.82) is 0 Å². The number of fused-ring (bicyclic) bond motifs is 1. The summed E-state index contributed by atoms with van der Waals surface area (Å²) in [5, 5.41) is 11.5. The van der Waals surface area contributed by atoms with Crippen molar-refractivity contribution < 1.29 is 4.79 Å². The van der Waals surface area contributed by atoms with Crippen LogP contribution in [0.3, 0.4) is 0 Å². The standard InChI is InChI=1S/C14H16ClN5O/c15-11-8-10(5-6-16-11)14(21)17-9-13-19-18-12-4-2-1-3-7-20(12)13/h5-6,8H,1-4,7,9H2,(H,17,21). The average Bonchev–Trinajstić information content (AvgIpc) is 2.72. The topological polar surface area (TPSA) is 72.7 Å². The van der Waals surface area contributed by atoms with Crippen LogP contribution in [0.15, 0.2) is 18.3 Å². The van der Waals surface area contributed by atoms with Gasteiger partial charge in [-0.1, -0.05) is 18.0 Å². The molecular formula is C14H16ClN5O. The minimum atomic E-state index is -0.190. The second-order valence-electron chi connectivity index (χ2n) is 5.04. The van der Waals surface area contributed by atoms with E-state index in [1.165, 1.54) is 12.6 Å². The van der Waals surface area contributed by atoms with Crippen molar-refractivity contribution in [3.63, 3.8) is 0 Å². The number of nitrogens with zero attached hydrogens (tertiary/aromatic N) is 4. The van der Waals surface area contributed by atoms with Crippen LogP contribution in [0.1, 0.15) is 41.3 Å². The summed E-state index contributed by atoms with van der Waals surface area (Å²) in [6.07, 6.45) is 5.97. The number of carbonyl (C=O) groups is 1. The Labute approximate surface area is 127 Å². The Kier molecular flexibility index (Phi) is 4.15. The maximum absolute atomic E-state index is 12.1. The van der Waals surface area contributed by atoms with Gasteiger partial charge in [-0.3, -0.25) is 4.79 Å². The van der Waals surface area contributed by atoms with Crippen LogP contribution < -0.4 is 5.32 Å². The average molecular weight is 306 g/mol. The van der Waals surface area contributed by atoms with Gasteiger partial charge in [0.1, 0.15) is 11.0 Å². The summed E-state index contributed by atoms with van der Waals surface area (Å²) in [6, 6.07) is 3.17. The number of aromatic nitrogens is 4. The molecule has 0 spiro atoms. The molecule has 110 valence electrons. The molecule has 2 aromatic rings. The Morgan fingerprint density at radius 3 is 3.10 bits per heavy atom. The number of pyridine rings is 1. The van der Waals surface area contributed by atoms with Gasteiger partial charge < -0.3 is 9.88 Å². The maximum Gasteiger partial charge on any atom is 0.251 e. The smallest absolute Gasteiger partial charge is 0.251 e. The lowest BCUT2D eigenvalue weighted by Gasteiger charge is -2.08. The molecule has 1 N–H and O–H groups in total. The fraction of sp³-hybridized carbons (Fsp3) is 0.429. The Balaban J connectivity index is 1.68. The van der Waals surface area contributed by atoms with Gasteiger partial charge in [-0.15, -0.1) is 10.2 Å². The van der Waals surface area contributed by atoms with Crippen LogP contribution >= 0.6 is 11.6 Å². The molecule has 1 amide bonds. The highest BCUT2D eigenvalue weighted by molar-refractivity contribution is 6.29. The van der Waals surface area contributed by atoms with E-state index in [4.69, 9.17) is 11.6 Å². The molecule has 3 heterocycles. The predicted molar refractivity (Wildman–Crippen MR) is 78.0 cm³/mol. The summed E-state index contributed by atoms with van der Waals surface area (Å²) in [5.41, 5.74) is 0.491. The third kappa shape index (κ3) is 3.21. The second kappa shape index (κ2) is 6.22. The first kappa shape index (κ1) is 14.0. The Morgan fingerprint density at radius 1 is 1.33 bits per heavy atom. The summed E-state index contributed by atoms with van der Waals surface area (Å²) in [5.74, 6) is 1.63. The predicted octanol–water partition coefficient (Wildman–Crippen LogP) is 1.98. The van der Waals surface area contributed by atoms with Crippen LogP contribution in [-0.2, 0) is 19.5 Å². The minimum absolute atomic E-state index is 0.190. The molecule has 1 aliphatic rings. The van der Waals surface area contributed by atoms with Crippen LogP contribution in [0.4, 0.5) is 0 Å². The van der Waals surface area contributed by atoms with Crippen molar-refractivity contribution in [3.05, 3.63) is 40.7 Å². The summed E-state index contributed by atoms with van der Waals surface area (Å²) < 4.78 is 2.12. The largest absolute Gasteiger partial charge is 0.345 e. The highest BCUT2D eigenvalue weighted by Crippen LogP contribution is 2.14. The van der Waals surface area contributed by atoms with Crippen LogP contribution in [0, 0.1) is 0 Å². The molecule has 0 unspecified atom stereocenters. The molecule has 0 saturated carbocycles. The molecule has 3 rings (SSSR count). The third-order valence-electron chi connectivity index (χ3n) is 3.58. The van der Waals surface area contributed by atoms with Crippen molar-refractivity contribution in [2.45, 2.75) is 38.8 Å². The van der Waals surface area contributed by atoms with E-state index in [0.29, 0.717) is 17.3 Å². The molecule has 0 saturated heterocycles. The van der Waals surface area contributed by atoms with Gasteiger partial charge in [0, 0.05) is 24.7 Å². The SMILES string of the molecule is O=C(NCc1nnc2n1CCCCC2)c1ccnc(Cl)c1. The molecule has 6 nitrogen and oxygen atoms in total. The lowest BCUT2D eigenvalue weighted by atomic mass is 10.2. The van der Waals surface area contributed by atoms with Crippen molar-refractivity contribution in [2.75, 3.05) is 0 Å². The molecule has 0 fully saturated rings. The van der Waals surface area contributed by atoms with E-state index in [-0.39, 0.29) is 5.91 Å². The van der Waals surface area contributed by atoms with Crippen molar-refractivity contribution in [2.24, 2.45) is 0 Å². The van der Waals surface area contributed by atoms with Crippen molar-refractivity contribution in [3.8, 4) is 0 Å². The van der Waals surface area contributed by atoms with Gasteiger partial charge in [0.05, 0.1) is 6.54 Å². The maximum atomic E-state index is 12.1. The number of carbonyl (C=O) groups excluding carboxylic acids is 1. The number of hydrogen-bond acceptors (Lipinski definition) is 4. The molecule has 7 heteroatoms. The molecule has 0 aromatic carbocycles. The highest BCUT2D eigenvalue weighted by atomic mass is 35.5. The zero-order chi connectivity index (χ0) is 14.7. The van der Waals surface area contributed by atoms with Crippen molar-refractivity contribution in [1.82, 2.24) is 25.1 Å². The zero-order valence-corrected chi connectivity index (χ0v) is 12.3. The first-order chi connectivity index (χ1) is 10.2. The van der Waals surface area contributed by atoms with E-state index >= 15 is 0 Å². The van der Waals surface area contributed by atoms with E-state index in [0.717, 1.165) is 37.5 Å². The quantitative estimate of drug-likeness (QED) is 0.880. The normalized spacial score (nSPS) is 14.3. The minimum Gasteiger partial charge on any atom is -0.345 e. The summed E-state index contributed by atoms with van der Waals surface area (Å²) in [7, 11) is 0. The monoisotopic (exact) mass is 305 g/mol. The van der Waals surface area contributed by atoms with Gasteiger partial charge in [0.25, 0.3) is 5.91 Å². The molecule has 1 aliphatic heterocycles. The van der Waals surface area contributed by atoms with E-state index in [2.05, 4.69) is 25.1 Å². The number of amides is 1. The van der Waals surface area contributed by atoms with E-state index < -0.39 is 0 Å². The van der Waals surface area contributed by atoms with Gasteiger partial charge in [0.2, 0.25) is 0 Å². The lowest BCUT2D eigenvalue weighted by molar-refractivity contribution is 0.0949. The van der Waals surface area contributed by atoms with E-state index in [9.17, 15) is 4.79 Å². The number of aryl methyl sites for hydroxylation is 1. The Morgan fingerprint density at radius 2 is 2.24 bits per heavy atom. The fourth-order valence-electron chi connectivity index (χ4n) is 2.48. The zero-order valence-electron chi connectivity index (χ0n) is 11.5. The molecule has 0 bridgehead atoms. The van der Waals surface area contributed by atoms with Crippen LogP contribution in [-0.4, -0.2) is 25.7 Å². The Bertz CT molecular complexity index is 655. The fourth-order valence-corrected chi connectivity index (χ4v) is 2.66. The van der Waals surface area contributed by atoms with Gasteiger partial charge in [0.15, 0.2) is 5.82 Å². The molecule has 0 aliphatic carbocycles. The molecule has 0 radical (unpaired) electrons. The van der Waals surface area contributed by atoms with Crippen LogP contribution in [0.5, 0.6) is 0 Å². The molecular weight excluding hydrogens is 290 g/mol. The van der Waals surface area contributed by atoms with Gasteiger partial charge in [-0.05, 0) is 25.0 Å². The summed E-state index contributed by atoms with van der Waals surface area (Å²) >= 11 is 5.78. The number of hydrogen-bond donors (Lipinski definition) is 1. The number of halogens is 1. The number of nitrogens with one attached hydrogen (secondary N) is 1. The highest BCUT2D eigenvalue weighted by Gasteiger charge is 2.15. The molecule has 0 atom stereocenters. The van der Waals surface area contributed by atoms with Gasteiger partial charge in [-0.2, -0.15) is 0 Å². The first-order valence-corrected chi connectivity index (χ1v) is 7.42. The first-order valence-electron chi connectivity index (χ1n) is 7.05.